The predicted octanol–water partition coefficient (Wildman–Crippen LogP) is 6.10. The number of carbonyl (C=O) groups is 1. The lowest BCUT2D eigenvalue weighted by atomic mass is 10.1. The number of aromatic nitrogens is 2. The molecule has 0 saturated carbocycles. The average molecular weight is 449 g/mol. The first-order valence-corrected chi connectivity index (χ1v) is 10.4. The number of amides is 1. The van der Waals surface area contributed by atoms with Crippen molar-refractivity contribution < 1.29 is 18.0 Å². The summed E-state index contributed by atoms with van der Waals surface area (Å²) in [6.07, 6.45) is -4.44. The van der Waals surface area contributed by atoms with Crippen LogP contribution in [0.25, 0.3) is 16.9 Å². The molecule has 0 bridgehead atoms. The highest BCUT2D eigenvalue weighted by Gasteiger charge is 2.30. The third kappa shape index (κ3) is 4.98. The van der Waals surface area contributed by atoms with Crippen molar-refractivity contribution in [3.05, 3.63) is 107 Å². The SMILES string of the molecule is Cc1ccc(-n2nc(-c3ccccc3)cc2C(=O)NCc2cccc(C(F)(F)F)c2)c(C)c1. The second-order valence-electron chi connectivity index (χ2n) is 7.86. The van der Waals surface area contributed by atoms with Crippen LogP contribution in [0.4, 0.5) is 13.2 Å². The molecule has 1 amide bonds. The van der Waals surface area contributed by atoms with Crippen molar-refractivity contribution in [3.63, 3.8) is 0 Å². The minimum atomic E-state index is -4.44. The fourth-order valence-corrected chi connectivity index (χ4v) is 3.65. The van der Waals surface area contributed by atoms with Crippen molar-refractivity contribution in [3.8, 4) is 16.9 Å². The number of hydrogen-bond donors (Lipinski definition) is 1. The molecule has 4 rings (SSSR count). The Labute approximate surface area is 189 Å². The molecule has 0 aliphatic carbocycles. The maximum Gasteiger partial charge on any atom is 0.416 e. The molecular formula is C26H22F3N3O. The fourth-order valence-electron chi connectivity index (χ4n) is 3.65. The maximum absolute atomic E-state index is 13.1. The summed E-state index contributed by atoms with van der Waals surface area (Å²) in [6.45, 7) is 3.88. The largest absolute Gasteiger partial charge is 0.416 e. The quantitative estimate of drug-likeness (QED) is 0.400. The first-order valence-electron chi connectivity index (χ1n) is 10.4. The van der Waals surface area contributed by atoms with Gasteiger partial charge in [0.2, 0.25) is 0 Å². The van der Waals surface area contributed by atoms with Gasteiger partial charge in [-0.1, -0.05) is 60.2 Å². The molecule has 0 fully saturated rings. The third-order valence-electron chi connectivity index (χ3n) is 5.30. The fraction of sp³-hybridized carbons (Fsp3) is 0.154. The summed E-state index contributed by atoms with van der Waals surface area (Å²) in [5.74, 6) is -0.429. The highest BCUT2D eigenvalue weighted by atomic mass is 19.4. The summed E-state index contributed by atoms with van der Waals surface area (Å²) in [5.41, 5.74) is 4.18. The van der Waals surface area contributed by atoms with E-state index < -0.39 is 17.6 Å². The molecule has 7 heteroatoms. The van der Waals surface area contributed by atoms with Gasteiger partial charge in [0, 0.05) is 12.1 Å². The Balaban J connectivity index is 1.67. The number of hydrogen-bond acceptors (Lipinski definition) is 2. The predicted molar refractivity (Wildman–Crippen MR) is 121 cm³/mol. The molecular weight excluding hydrogens is 427 g/mol. The van der Waals surface area contributed by atoms with E-state index >= 15 is 0 Å². The Morgan fingerprint density at radius 3 is 2.39 bits per heavy atom. The lowest BCUT2D eigenvalue weighted by Gasteiger charge is -2.12. The Hall–Kier alpha value is -3.87. The standard InChI is InChI=1S/C26H22F3N3O/c1-17-11-12-23(18(2)13-17)32-24(15-22(31-32)20-8-4-3-5-9-20)25(33)30-16-19-7-6-10-21(14-19)26(27,28)29/h3-15H,16H2,1-2H3,(H,30,33). The van der Waals surface area contributed by atoms with Gasteiger partial charge in [-0.2, -0.15) is 18.3 Å². The van der Waals surface area contributed by atoms with Crippen LogP contribution in [0.1, 0.15) is 32.7 Å². The van der Waals surface area contributed by atoms with E-state index in [1.54, 1.807) is 16.8 Å². The molecule has 0 atom stereocenters. The van der Waals surface area contributed by atoms with Gasteiger partial charge in [-0.3, -0.25) is 4.79 Å². The molecule has 0 aliphatic rings. The molecule has 0 radical (unpaired) electrons. The summed E-state index contributed by atoms with van der Waals surface area (Å²) in [4.78, 5) is 13.1. The maximum atomic E-state index is 13.1. The monoisotopic (exact) mass is 449 g/mol. The van der Waals surface area contributed by atoms with Gasteiger partial charge in [0.1, 0.15) is 5.69 Å². The molecule has 4 nitrogen and oxygen atoms in total. The van der Waals surface area contributed by atoms with E-state index in [0.29, 0.717) is 17.0 Å². The van der Waals surface area contributed by atoms with Crippen LogP contribution < -0.4 is 5.32 Å². The first kappa shape index (κ1) is 22.3. The topological polar surface area (TPSA) is 46.9 Å². The highest BCUT2D eigenvalue weighted by molar-refractivity contribution is 5.94. The van der Waals surface area contributed by atoms with E-state index in [0.717, 1.165) is 34.5 Å². The molecule has 3 aromatic carbocycles. The van der Waals surface area contributed by atoms with Crippen molar-refractivity contribution >= 4 is 5.91 Å². The van der Waals surface area contributed by atoms with E-state index in [-0.39, 0.29) is 6.54 Å². The molecule has 0 saturated heterocycles. The Kier molecular flexibility index (Phi) is 6.05. The van der Waals surface area contributed by atoms with Gasteiger partial charge >= 0.3 is 6.18 Å². The van der Waals surface area contributed by atoms with Crippen molar-refractivity contribution in [2.75, 3.05) is 0 Å². The summed E-state index contributed by atoms with van der Waals surface area (Å²) < 4.78 is 40.6. The van der Waals surface area contributed by atoms with Crippen LogP contribution >= 0.6 is 0 Å². The molecule has 1 N–H and O–H groups in total. The lowest BCUT2D eigenvalue weighted by Crippen LogP contribution is -2.25. The number of rotatable bonds is 5. The molecule has 0 aliphatic heterocycles. The summed E-state index contributed by atoms with van der Waals surface area (Å²) in [6, 6.07) is 21.9. The zero-order valence-corrected chi connectivity index (χ0v) is 18.1. The van der Waals surface area contributed by atoms with Crippen LogP contribution in [0, 0.1) is 13.8 Å². The zero-order valence-electron chi connectivity index (χ0n) is 18.1. The van der Waals surface area contributed by atoms with Crippen molar-refractivity contribution in [1.29, 1.82) is 0 Å². The summed E-state index contributed by atoms with van der Waals surface area (Å²) >= 11 is 0. The van der Waals surface area contributed by atoms with Crippen LogP contribution in [-0.2, 0) is 12.7 Å². The van der Waals surface area contributed by atoms with Crippen LogP contribution in [0.3, 0.4) is 0 Å². The zero-order chi connectivity index (χ0) is 23.6. The molecule has 0 unspecified atom stereocenters. The second-order valence-corrected chi connectivity index (χ2v) is 7.86. The van der Waals surface area contributed by atoms with Crippen LogP contribution in [-0.4, -0.2) is 15.7 Å². The molecule has 33 heavy (non-hydrogen) atoms. The van der Waals surface area contributed by atoms with Crippen molar-refractivity contribution in [2.24, 2.45) is 0 Å². The van der Waals surface area contributed by atoms with Gasteiger partial charge in [0.25, 0.3) is 5.91 Å². The molecule has 4 aromatic rings. The van der Waals surface area contributed by atoms with Gasteiger partial charge in [0.05, 0.1) is 16.9 Å². The molecule has 168 valence electrons. The van der Waals surface area contributed by atoms with Gasteiger partial charge in [-0.15, -0.1) is 0 Å². The minimum absolute atomic E-state index is 0.0402. The third-order valence-corrected chi connectivity index (χ3v) is 5.30. The van der Waals surface area contributed by atoms with Crippen LogP contribution in [0.5, 0.6) is 0 Å². The van der Waals surface area contributed by atoms with Gasteiger partial charge in [-0.25, -0.2) is 4.68 Å². The number of nitrogens with one attached hydrogen (secondary N) is 1. The first-order chi connectivity index (χ1) is 15.7. The number of aryl methyl sites for hydroxylation is 2. The van der Waals surface area contributed by atoms with E-state index in [2.05, 4.69) is 10.4 Å². The van der Waals surface area contributed by atoms with Gasteiger partial charge in [0.15, 0.2) is 0 Å². The lowest BCUT2D eigenvalue weighted by molar-refractivity contribution is -0.137. The smallest absolute Gasteiger partial charge is 0.347 e. The number of carbonyl (C=O) groups excluding carboxylic acids is 1. The van der Waals surface area contributed by atoms with Gasteiger partial charge < -0.3 is 5.32 Å². The Morgan fingerprint density at radius 1 is 0.939 bits per heavy atom. The minimum Gasteiger partial charge on any atom is -0.347 e. The Bertz CT molecular complexity index is 1290. The Morgan fingerprint density at radius 2 is 1.70 bits per heavy atom. The van der Waals surface area contributed by atoms with Crippen molar-refractivity contribution in [1.82, 2.24) is 15.1 Å². The van der Waals surface area contributed by atoms with E-state index in [4.69, 9.17) is 0 Å². The van der Waals surface area contributed by atoms with Gasteiger partial charge in [-0.05, 0) is 49.2 Å². The second kappa shape index (κ2) is 8.94. The molecule has 0 spiro atoms. The van der Waals surface area contributed by atoms with E-state index in [1.165, 1.54) is 6.07 Å². The summed E-state index contributed by atoms with van der Waals surface area (Å²) in [7, 11) is 0. The number of benzene rings is 3. The normalized spacial score (nSPS) is 11.4. The average Bonchev–Trinajstić information content (AvgIpc) is 3.23. The summed E-state index contributed by atoms with van der Waals surface area (Å²) in [5, 5.41) is 7.40. The van der Waals surface area contributed by atoms with E-state index in [9.17, 15) is 18.0 Å². The van der Waals surface area contributed by atoms with Crippen LogP contribution in [0.15, 0.2) is 78.9 Å². The van der Waals surface area contributed by atoms with E-state index in [1.807, 2.05) is 62.4 Å². The number of alkyl halides is 3. The number of halogens is 3. The molecule has 1 heterocycles. The van der Waals surface area contributed by atoms with Crippen molar-refractivity contribution in [2.45, 2.75) is 26.6 Å². The highest BCUT2D eigenvalue weighted by Crippen LogP contribution is 2.29. The van der Waals surface area contributed by atoms with Crippen LogP contribution in [0.2, 0.25) is 0 Å². The molecule has 1 aromatic heterocycles. The number of nitrogens with zero attached hydrogens (tertiary/aromatic N) is 2.